The van der Waals surface area contributed by atoms with Gasteiger partial charge in [0.1, 0.15) is 11.8 Å². The van der Waals surface area contributed by atoms with E-state index in [-0.39, 0.29) is 18.2 Å². The highest BCUT2D eigenvalue weighted by Gasteiger charge is 2.31. The highest BCUT2D eigenvalue weighted by molar-refractivity contribution is 6.06. The standard InChI is InChI=1S/C22H25N5O3/c1-30-19-10-6-5-9-17(19)23-21(29)18-15-20(28)25-22(24-18)27-13-11-26(12-14-27)16-7-3-2-4-8-16/h2-10,18H,11-15H2,1H3,(H,23,29)(H,24,25,28)/t18-/m1/s1. The van der Waals surface area contributed by atoms with Crippen LogP contribution in [-0.4, -0.2) is 62.0 Å². The van der Waals surface area contributed by atoms with Gasteiger partial charge >= 0.3 is 0 Å². The van der Waals surface area contributed by atoms with Crippen LogP contribution in [0.1, 0.15) is 6.42 Å². The number of benzene rings is 2. The second kappa shape index (κ2) is 8.86. The molecule has 8 heteroatoms. The van der Waals surface area contributed by atoms with Crippen molar-refractivity contribution in [1.82, 2.24) is 10.2 Å². The molecule has 0 unspecified atom stereocenters. The van der Waals surface area contributed by atoms with Gasteiger partial charge < -0.3 is 19.9 Å². The number of methoxy groups -OCH3 is 1. The van der Waals surface area contributed by atoms with Crippen molar-refractivity contribution in [2.45, 2.75) is 12.5 Å². The Morgan fingerprint density at radius 1 is 1.03 bits per heavy atom. The number of para-hydroxylation sites is 3. The van der Waals surface area contributed by atoms with E-state index >= 15 is 0 Å². The number of hydrogen-bond donors (Lipinski definition) is 2. The Kier molecular flexibility index (Phi) is 5.83. The molecule has 2 heterocycles. The van der Waals surface area contributed by atoms with Gasteiger partial charge in [-0.3, -0.25) is 14.9 Å². The Bertz CT molecular complexity index is 939. The van der Waals surface area contributed by atoms with E-state index in [4.69, 9.17) is 4.74 Å². The molecular formula is C22H25N5O3. The summed E-state index contributed by atoms with van der Waals surface area (Å²) in [4.78, 5) is 33.9. The van der Waals surface area contributed by atoms with Gasteiger partial charge in [0.05, 0.1) is 19.2 Å². The Balaban J connectivity index is 1.42. The van der Waals surface area contributed by atoms with Gasteiger partial charge in [-0.15, -0.1) is 0 Å². The van der Waals surface area contributed by atoms with Gasteiger partial charge in [0.25, 0.3) is 0 Å². The molecule has 30 heavy (non-hydrogen) atoms. The van der Waals surface area contributed by atoms with E-state index in [2.05, 4.69) is 32.7 Å². The predicted molar refractivity (Wildman–Crippen MR) is 116 cm³/mol. The Morgan fingerprint density at radius 3 is 2.43 bits per heavy atom. The summed E-state index contributed by atoms with van der Waals surface area (Å²) in [6, 6.07) is 16.6. The number of ether oxygens (including phenoxy) is 1. The number of carbonyl (C=O) groups excluding carboxylic acids is 2. The molecule has 2 aromatic rings. The highest BCUT2D eigenvalue weighted by atomic mass is 16.5. The van der Waals surface area contributed by atoms with E-state index in [1.54, 1.807) is 19.2 Å². The SMILES string of the molecule is COc1ccccc1NC(=O)[C@H]1CC(=O)NC(N2CCN(c3ccccc3)CC2)=N1. The van der Waals surface area contributed by atoms with Gasteiger partial charge in [-0.2, -0.15) is 0 Å². The molecule has 2 aromatic carbocycles. The molecule has 0 spiro atoms. The van der Waals surface area contributed by atoms with Gasteiger partial charge in [0.15, 0.2) is 0 Å². The number of rotatable bonds is 4. The van der Waals surface area contributed by atoms with Crippen LogP contribution in [0.3, 0.4) is 0 Å². The zero-order chi connectivity index (χ0) is 20.9. The van der Waals surface area contributed by atoms with Gasteiger partial charge in [-0.1, -0.05) is 30.3 Å². The number of amides is 2. The number of nitrogens with one attached hydrogen (secondary N) is 2. The lowest BCUT2D eigenvalue weighted by atomic mass is 10.1. The van der Waals surface area contributed by atoms with Gasteiger partial charge in [-0.05, 0) is 24.3 Å². The third-order valence-electron chi connectivity index (χ3n) is 5.28. The smallest absolute Gasteiger partial charge is 0.249 e. The summed E-state index contributed by atoms with van der Waals surface area (Å²) in [7, 11) is 1.55. The molecule has 2 aliphatic rings. The normalized spacial score (nSPS) is 19.0. The van der Waals surface area contributed by atoms with Crippen LogP contribution in [-0.2, 0) is 9.59 Å². The first-order chi connectivity index (χ1) is 14.6. The molecule has 0 aromatic heterocycles. The first kappa shape index (κ1) is 19.8. The summed E-state index contributed by atoms with van der Waals surface area (Å²) in [6.45, 7) is 3.07. The quantitative estimate of drug-likeness (QED) is 0.806. The highest BCUT2D eigenvalue weighted by Crippen LogP contribution is 2.24. The number of hydrogen-bond acceptors (Lipinski definition) is 6. The minimum atomic E-state index is -0.772. The molecule has 2 aliphatic heterocycles. The second-order valence-corrected chi connectivity index (χ2v) is 7.22. The fourth-order valence-electron chi connectivity index (χ4n) is 3.67. The summed E-state index contributed by atoms with van der Waals surface area (Å²) in [5.41, 5.74) is 1.74. The molecule has 156 valence electrons. The van der Waals surface area contributed by atoms with Crippen molar-refractivity contribution in [3.8, 4) is 5.75 Å². The zero-order valence-corrected chi connectivity index (χ0v) is 16.9. The van der Waals surface area contributed by atoms with Crippen molar-refractivity contribution in [3.05, 3.63) is 54.6 Å². The number of carbonyl (C=O) groups is 2. The van der Waals surface area contributed by atoms with Crippen LogP contribution < -0.4 is 20.3 Å². The summed E-state index contributed by atoms with van der Waals surface area (Å²) in [5, 5.41) is 5.65. The molecule has 4 rings (SSSR count). The molecule has 2 amide bonds. The van der Waals surface area contributed by atoms with E-state index in [1.165, 1.54) is 5.69 Å². The second-order valence-electron chi connectivity index (χ2n) is 7.22. The van der Waals surface area contributed by atoms with Crippen molar-refractivity contribution in [2.24, 2.45) is 4.99 Å². The molecule has 1 saturated heterocycles. The van der Waals surface area contributed by atoms with Crippen LogP contribution in [0.15, 0.2) is 59.6 Å². The molecular weight excluding hydrogens is 382 g/mol. The first-order valence-corrected chi connectivity index (χ1v) is 10.0. The van der Waals surface area contributed by atoms with Crippen LogP contribution in [0.25, 0.3) is 0 Å². The molecule has 0 radical (unpaired) electrons. The topological polar surface area (TPSA) is 86.3 Å². The van der Waals surface area contributed by atoms with Crippen molar-refractivity contribution in [2.75, 3.05) is 43.5 Å². The minimum absolute atomic E-state index is 0.0223. The number of piperazine rings is 1. The monoisotopic (exact) mass is 407 g/mol. The van der Waals surface area contributed by atoms with Gasteiger partial charge in [0.2, 0.25) is 17.8 Å². The Labute approximate surface area is 175 Å². The maximum atomic E-state index is 12.8. The average Bonchev–Trinajstić information content (AvgIpc) is 2.79. The summed E-state index contributed by atoms with van der Waals surface area (Å²) >= 11 is 0. The fraction of sp³-hybridized carbons (Fsp3) is 0.318. The Morgan fingerprint density at radius 2 is 1.70 bits per heavy atom. The van der Waals surface area contributed by atoms with Crippen molar-refractivity contribution < 1.29 is 14.3 Å². The largest absolute Gasteiger partial charge is 0.495 e. The van der Waals surface area contributed by atoms with E-state index in [0.29, 0.717) is 17.4 Å². The van der Waals surface area contributed by atoms with Crippen LogP contribution >= 0.6 is 0 Å². The van der Waals surface area contributed by atoms with Crippen LogP contribution in [0.4, 0.5) is 11.4 Å². The summed E-state index contributed by atoms with van der Waals surface area (Å²) < 4.78 is 5.27. The Hall–Kier alpha value is -3.55. The molecule has 0 saturated carbocycles. The van der Waals surface area contributed by atoms with Gasteiger partial charge in [-0.25, -0.2) is 4.99 Å². The molecule has 1 atom stereocenters. The number of aliphatic imine (C=N–C) groups is 1. The molecule has 0 aliphatic carbocycles. The number of nitrogens with zero attached hydrogens (tertiary/aromatic N) is 3. The predicted octanol–water partition coefficient (Wildman–Crippen LogP) is 1.70. The van der Waals surface area contributed by atoms with E-state index in [0.717, 1.165) is 26.2 Å². The van der Waals surface area contributed by atoms with E-state index in [9.17, 15) is 9.59 Å². The maximum absolute atomic E-state index is 12.8. The lowest BCUT2D eigenvalue weighted by molar-refractivity contribution is -0.125. The fourth-order valence-corrected chi connectivity index (χ4v) is 3.67. The number of anilines is 2. The summed E-state index contributed by atoms with van der Waals surface area (Å²) in [5.74, 6) is 0.506. The zero-order valence-electron chi connectivity index (χ0n) is 16.9. The van der Waals surface area contributed by atoms with Crippen molar-refractivity contribution in [1.29, 1.82) is 0 Å². The molecule has 8 nitrogen and oxygen atoms in total. The van der Waals surface area contributed by atoms with Crippen LogP contribution in [0.2, 0.25) is 0 Å². The van der Waals surface area contributed by atoms with Crippen molar-refractivity contribution >= 4 is 29.1 Å². The number of guanidine groups is 1. The summed E-state index contributed by atoms with van der Waals surface area (Å²) in [6.07, 6.45) is 0.0223. The van der Waals surface area contributed by atoms with Crippen molar-refractivity contribution in [3.63, 3.8) is 0 Å². The molecule has 2 N–H and O–H groups in total. The van der Waals surface area contributed by atoms with E-state index < -0.39 is 6.04 Å². The maximum Gasteiger partial charge on any atom is 0.249 e. The van der Waals surface area contributed by atoms with Crippen LogP contribution in [0, 0.1) is 0 Å². The minimum Gasteiger partial charge on any atom is -0.495 e. The third-order valence-corrected chi connectivity index (χ3v) is 5.28. The molecule has 0 bridgehead atoms. The molecule has 1 fully saturated rings. The lowest BCUT2D eigenvalue weighted by Gasteiger charge is -2.38. The average molecular weight is 407 g/mol. The van der Waals surface area contributed by atoms with Crippen LogP contribution in [0.5, 0.6) is 5.75 Å². The van der Waals surface area contributed by atoms with E-state index in [1.807, 2.05) is 35.2 Å². The lowest BCUT2D eigenvalue weighted by Crippen LogP contribution is -2.56. The first-order valence-electron chi connectivity index (χ1n) is 10.0. The third kappa shape index (κ3) is 4.37. The van der Waals surface area contributed by atoms with Gasteiger partial charge in [0, 0.05) is 31.9 Å².